The Balaban J connectivity index is 2.18. The molecule has 0 aromatic heterocycles. The summed E-state index contributed by atoms with van der Waals surface area (Å²) in [6.07, 6.45) is 3.87. The zero-order valence-electron chi connectivity index (χ0n) is 24.6. The van der Waals surface area contributed by atoms with Crippen LogP contribution in [0.25, 0.3) is 16.3 Å². The molecule has 0 amide bonds. The summed E-state index contributed by atoms with van der Waals surface area (Å²) in [5.74, 6) is -2.29. The number of carbonyl (C=O) groups excluding carboxylic acids is 4. The molecule has 0 unspecified atom stereocenters. The lowest BCUT2D eigenvalue weighted by atomic mass is 9.79. The molecule has 0 aliphatic heterocycles. The lowest BCUT2D eigenvalue weighted by Gasteiger charge is -2.40. The zero-order chi connectivity index (χ0) is 29.8. The molecule has 0 saturated heterocycles. The SMILES string of the molecule is CCCCC(=O)O[C@@H]1C(c2ccc3ccccc3c2)=C[C@@](OC(=O)CCCC)(C(=O)OC)C[C@H]1OC(=O)CCCC. The van der Waals surface area contributed by atoms with E-state index in [1.807, 2.05) is 63.2 Å². The molecule has 0 heterocycles. The second-order valence-electron chi connectivity index (χ2n) is 10.5. The molecule has 2 aromatic rings. The van der Waals surface area contributed by atoms with Crippen molar-refractivity contribution in [3.05, 3.63) is 54.1 Å². The maximum absolute atomic E-state index is 13.4. The van der Waals surface area contributed by atoms with Crippen molar-refractivity contribution >= 4 is 40.2 Å². The molecular formula is C33H42O8. The van der Waals surface area contributed by atoms with Crippen LogP contribution in [0.1, 0.15) is 90.5 Å². The van der Waals surface area contributed by atoms with Gasteiger partial charge in [0.05, 0.1) is 7.11 Å². The van der Waals surface area contributed by atoms with E-state index in [4.69, 9.17) is 18.9 Å². The number of carbonyl (C=O) groups is 4. The molecule has 0 saturated carbocycles. The Morgan fingerprint density at radius 2 is 1.37 bits per heavy atom. The predicted molar refractivity (Wildman–Crippen MR) is 156 cm³/mol. The lowest BCUT2D eigenvalue weighted by Crippen LogP contribution is -2.53. The van der Waals surface area contributed by atoms with E-state index in [1.54, 1.807) is 0 Å². The van der Waals surface area contributed by atoms with Crippen molar-refractivity contribution in [2.45, 2.75) is 103 Å². The van der Waals surface area contributed by atoms with Crippen LogP contribution in [0.3, 0.4) is 0 Å². The van der Waals surface area contributed by atoms with Gasteiger partial charge in [0.15, 0.2) is 6.10 Å². The fourth-order valence-electron chi connectivity index (χ4n) is 4.93. The Kier molecular flexibility index (Phi) is 11.9. The third kappa shape index (κ3) is 8.41. The van der Waals surface area contributed by atoms with E-state index in [-0.39, 0.29) is 25.7 Å². The molecule has 0 radical (unpaired) electrons. The van der Waals surface area contributed by atoms with Gasteiger partial charge in [-0.05, 0) is 47.7 Å². The molecule has 3 atom stereocenters. The molecule has 41 heavy (non-hydrogen) atoms. The minimum Gasteiger partial charge on any atom is -0.466 e. The quantitative estimate of drug-likeness (QED) is 0.189. The molecule has 0 bridgehead atoms. The average molecular weight is 567 g/mol. The van der Waals surface area contributed by atoms with E-state index in [2.05, 4.69) is 0 Å². The number of esters is 4. The first-order valence-electron chi connectivity index (χ1n) is 14.7. The van der Waals surface area contributed by atoms with Gasteiger partial charge in [-0.2, -0.15) is 0 Å². The van der Waals surface area contributed by atoms with Crippen LogP contribution in [0.2, 0.25) is 0 Å². The summed E-state index contributed by atoms with van der Waals surface area (Å²) in [5, 5.41) is 1.92. The maximum Gasteiger partial charge on any atom is 0.354 e. The first-order valence-corrected chi connectivity index (χ1v) is 14.7. The minimum atomic E-state index is -1.87. The van der Waals surface area contributed by atoms with Gasteiger partial charge >= 0.3 is 23.9 Å². The molecule has 222 valence electrons. The molecule has 2 aromatic carbocycles. The third-order valence-electron chi connectivity index (χ3n) is 7.19. The lowest BCUT2D eigenvalue weighted by molar-refractivity contribution is -0.186. The van der Waals surface area contributed by atoms with Crippen molar-refractivity contribution < 1.29 is 38.1 Å². The van der Waals surface area contributed by atoms with E-state index < -0.39 is 41.7 Å². The molecule has 1 aliphatic rings. The second kappa shape index (κ2) is 15.4. The summed E-state index contributed by atoms with van der Waals surface area (Å²) < 4.78 is 22.9. The molecular weight excluding hydrogens is 524 g/mol. The van der Waals surface area contributed by atoms with Gasteiger partial charge in [-0.25, -0.2) is 4.79 Å². The summed E-state index contributed by atoms with van der Waals surface area (Å²) in [6.45, 7) is 5.89. The predicted octanol–water partition coefficient (Wildman–Crippen LogP) is 6.48. The largest absolute Gasteiger partial charge is 0.466 e. The van der Waals surface area contributed by atoms with Gasteiger partial charge in [0.25, 0.3) is 0 Å². The van der Waals surface area contributed by atoms with Crippen LogP contribution in [0, 0.1) is 0 Å². The highest BCUT2D eigenvalue weighted by Crippen LogP contribution is 2.40. The summed E-state index contributed by atoms with van der Waals surface area (Å²) in [7, 11) is 1.21. The summed E-state index contributed by atoms with van der Waals surface area (Å²) >= 11 is 0. The number of benzene rings is 2. The number of ether oxygens (including phenoxy) is 4. The highest BCUT2D eigenvalue weighted by Gasteiger charge is 2.52. The first kappa shape index (κ1) is 31.8. The molecule has 1 aliphatic carbocycles. The highest BCUT2D eigenvalue weighted by atomic mass is 16.6. The fourth-order valence-corrected chi connectivity index (χ4v) is 4.93. The Morgan fingerprint density at radius 3 is 1.98 bits per heavy atom. The molecule has 0 fully saturated rings. The van der Waals surface area contributed by atoms with Crippen LogP contribution in [0.5, 0.6) is 0 Å². The van der Waals surface area contributed by atoms with Crippen LogP contribution in [0.15, 0.2) is 48.5 Å². The van der Waals surface area contributed by atoms with Gasteiger partial charge in [-0.1, -0.05) is 76.4 Å². The third-order valence-corrected chi connectivity index (χ3v) is 7.19. The van der Waals surface area contributed by atoms with Crippen molar-refractivity contribution in [3.8, 4) is 0 Å². The van der Waals surface area contributed by atoms with Gasteiger partial charge < -0.3 is 18.9 Å². The van der Waals surface area contributed by atoms with E-state index in [0.717, 1.165) is 30.0 Å². The number of rotatable bonds is 14. The number of fused-ring (bicyclic) bond motifs is 1. The maximum atomic E-state index is 13.4. The summed E-state index contributed by atoms with van der Waals surface area (Å²) in [4.78, 5) is 52.1. The van der Waals surface area contributed by atoms with E-state index in [0.29, 0.717) is 30.4 Å². The monoisotopic (exact) mass is 566 g/mol. The topological polar surface area (TPSA) is 105 Å². The number of unbranched alkanes of at least 4 members (excludes halogenated alkanes) is 3. The first-order chi connectivity index (χ1) is 19.8. The van der Waals surface area contributed by atoms with Crippen LogP contribution >= 0.6 is 0 Å². The number of hydrogen-bond acceptors (Lipinski definition) is 8. The molecule has 8 heteroatoms. The van der Waals surface area contributed by atoms with Gasteiger partial charge in [0.1, 0.15) is 6.10 Å². The van der Waals surface area contributed by atoms with Crippen molar-refractivity contribution in [1.82, 2.24) is 0 Å². The van der Waals surface area contributed by atoms with Crippen molar-refractivity contribution in [2.24, 2.45) is 0 Å². The van der Waals surface area contributed by atoms with Crippen molar-refractivity contribution in [1.29, 1.82) is 0 Å². The van der Waals surface area contributed by atoms with E-state index >= 15 is 0 Å². The highest BCUT2D eigenvalue weighted by molar-refractivity contribution is 5.93. The van der Waals surface area contributed by atoms with Crippen molar-refractivity contribution in [3.63, 3.8) is 0 Å². The summed E-state index contributed by atoms with van der Waals surface area (Å²) in [6, 6.07) is 13.5. The standard InChI is InChI=1S/C33H42O8/c1-5-8-15-28(34)39-27-22-33(32(37)38-4,41-30(36)17-10-7-3)21-26(31(27)40-29(35)16-9-6-2)25-19-18-23-13-11-12-14-24(23)20-25/h11-14,18-21,27,31H,5-10,15-17,22H2,1-4H3/t27-,31-,33+/m1/s1. The number of methoxy groups -OCH3 is 1. The Labute approximate surface area is 242 Å². The Bertz CT molecular complexity index is 1250. The van der Waals surface area contributed by atoms with Crippen molar-refractivity contribution in [2.75, 3.05) is 7.11 Å². The average Bonchev–Trinajstić information content (AvgIpc) is 2.98. The van der Waals surface area contributed by atoms with Gasteiger partial charge in [-0.15, -0.1) is 0 Å². The number of hydrogen-bond donors (Lipinski definition) is 0. The Morgan fingerprint density at radius 1 is 0.780 bits per heavy atom. The molecule has 0 N–H and O–H groups in total. The van der Waals surface area contributed by atoms with Gasteiger partial charge in [0.2, 0.25) is 5.60 Å². The summed E-state index contributed by atoms with van der Waals surface area (Å²) in [5.41, 5.74) is -0.819. The van der Waals surface area contributed by atoms with Crippen LogP contribution < -0.4 is 0 Å². The molecule has 3 rings (SSSR count). The van der Waals surface area contributed by atoms with Crippen LogP contribution in [-0.2, 0) is 38.1 Å². The molecule has 0 spiro atoms. The minimum absolute atomic E-state index is 0.116. The van der Waals surface area contributed by atoms with Gasteiger partial charge in [-0.3, -0.25) is 14.4 Å². The van der Waals surface area contributed by atoms with Gasteiger partial charge in [0, 0.05) is 31.3 Å². The van der Waals surface area contributed by atoms with Crippen LogP contribution in [0.4, 0.5) is 0 Å². The van der Waals surface area contributed by atoms with E-state index in [9.17, 15) is 19.2 Å². The fraction of sp³-hybridized carbons (Fsp3) is 0.515. The molecule has 8 nitrogen and oxygen atoms in total. The van der Waals surface area contributed by atoms with E-state index in [1.165, 1.54) is 13.2 Å². The Hall–Kier alpha value is -3.68. The van der Waals surface area contributed by atoms with Crippen LogP contribution in [-0.4, -0.2) is 48.8 Å². The smallest absolute Gasteiger partial charge is 0.354 e. The zero-order valence-corrected chi connectivity index (χ0v) is 24.6. The second-order valence-corrected chi connectivity index (χ2v) is 10.5. The normalized spacial score (nSPS) is 20.1.